The molecule has 1 atom stereocenters. The molecule has 0 aliphatic carbocycles. The van der Waals surface area contributed by atoms with Crippen LogP contribution in [-0.2, 0) is 9.63 Å². The van der Waals surface area contributed by atoms with Gasteiger partial charge < -0.3 is 4.84 Å². The first-order chi connectivity index (χ1) is 4.63. The Morgan fingerprint density at radius 1 is 1.60 bits per heavy atom. The molecule has 0 bridgehead atoms. The molecule has 1 aliphatic rings. The third kappa shape index (κ3) is 1.03. The van der Waals surface area contributed by atoms with Crippen molar-refractivity contribution in [3.8, 4) is 0 Å². The Kier molecular flexibility index (Phi) is 1.74. The molecule has 0 radical (unpaired) electrons. The Hall–Kier alpha value is -0.860. The minimum absolute atomic E-state index is 0.111. The second-order valence-electron chi connectivity index (χ2n) is 2.86. The van der Waals surface area contributed by atoms with Crippen LogP contribution < -0.4 is 0 Å². The highest BCUT2D eigenvalue weighted by atomic mass is 16.7. The maximum atomic E-state index is 10.9. The van der Waals surface area contributed by atoms with Crippen LogP contribution in [0.15, 0.2) is 5.16 Å². The van der Waals surface area contributed by atoms with E-state index in [4.69, 9.17) is 0 Å². The van der Waals surface area contributed by atoms with Crippen LogP contribution in [0.1, 0.15) is 20.8 Å². The Balaban J connectivity index is 2.74. The molecular weight excluding hydrogens is 130 g/mol. The Morgan fingerprint density at radius 3 is 2.40 bits per heavy atom. The number of carbonyl (C=O) groups excluding carboxylic acids is 1. The van der Waals surface area contributed by atoms with Gasteiger partial charge in [-0.25, -0.2) is 4.79 Å². The van der Waals surface area contributed by atoms with Crippen LogP contribution in [0, 0.1) is 11.8 Å². The lowest BCUT2D eigenvalue weighted by atomic mass is 9.93. The number of rotatable bonds is 1. The average molecular weight is 141 g/mol. The summed E-state index contributed by atoms with van der Waals surface area (Å²) in [7, 11) is 0. The minimum atomic E-state index is -0.215. The summed E-state index contributed by atoms with van der Waals surface area (Å²) in [5.41, 5.74) is 0.792. The molecule has 0 saturated heterocycles. The van der Waals surface area contributed by atoms with Gasteiger partial charge in [0.15, 0.2) is 0 Å². The van der Waals surface area contributed by atoms with E-state index in [9.17, 15) is 4.79 Å². The van der Waals surface area contributed by atoms with Crippen molar-refractivity contribution in [2.45, 2.75) is 20.8 Å². The zero-order valence-corrected chi connectivity index (χ0v) is 6.42. The number of hydrogen-bond acceptors (Lipinski definition) is 3. The highest BCUT2D eigenvalue weighted by Crippen LogP contribution is 2.19. The predicted molar refractivity (Wildman–Crippen MR) is 37.5 cm³/mol. The highest BCUT2D eigenvalue weighted by Gasteiger charge is 2.32. The number of oxime groups is 1. The molecule has 0 aromatic carbocycles. The van der Waals surface area contributed by atoms with Gasteiger partial charge in [0.25, 0.3) is 0 Å². The lowest BCUT2D eigenvalue weighted by molar-refractivity contribution is -0.144. The van der Waals surface area contributed by atoms with E-state index in [1.165, 1.54) is 0 Å². The fraction of sp³-hybridized carbons (Fsp3) is 0.714. The average Bonchev–Trinajstić information content (AvgIpc) is 2.11. The van der Waals surface area contributed by atoms with Crippen LogP contribution >= 0.6 is 0 Å². The monoisotopic (exact) mass is 141 g/mol. The maximum Gasteiger partial charge on any atom is 0.344 e. The second-order valence-corrected chi connectivity index (χ2v) is 2.86. The van der Waals surface area contributed by atoms with E-state index in [1.807, 2.05) is 20.8 Å². The summed E-state index contributed by atoms with van der Waals surface area (Å²) in [4.78, 5) is 15.4. The van der Waals surface area contributed by atoms with Crippen LogP contribution in [0.4, 0.5) is 0 Å². The van der Waals surface area contributed by atoms with E-state index in [0.29, 0.717) is 5.92 Å². The van der Waals surface area contributed by atoms with Crippen LogP contribution in [0.3, 0.4) is 0 Å². The van der Waals surface area contributed by atoms with E-state index < -0.39 is 0 Å². The standard InChI is InChI=1S/C7H11NO2/c1-4(2)6-5(3)8-10-7(6)9/h4,6H,1-3H3. The van der Waals surface area contributed by atoms with Gasteiger partial charge in [0, 0.05) is 0 Å². The molecule has 0 aromatic rings. The van der Waals surface area contributed by atoms with Crippen molar-refractivity contribution in [1.82, 2.24) is 0 Å². The van der Waals surface area contributed by atoms with Gasteiger partial charge in [-0.3, -0.25) is 0 Å². The van der Waals surface area contributed by atoms with E-state index >= 15 is 0 Å². The van der Waals surface area contributed by atoms with Gasteiger partial charge in [-0.1, -0.05) is 19.0 Å². The predicted octanol–water partition coefficient (Wildman–Crippen LogP) is 1.19. The number of nitrogens with zero attached hydrogens (tertiary/aromatic N) is 1. The van der Waals surface area contributed by atoms with E-state index in [-0.39, 0.29) is 11.9 Å². The molecule has 1 unspecified atom stereocenters. The first-order valence-corrected chi connectivity index (χ1v) is 3.38. The van der Waals surface area contributed by atoms with Crippen molar-refractivity contribution < 1.29 is 9.63 Å². The molecule has 0 fully saturated rings. The zero-order chi connectivity index (χ0) is 7.72. The minimum Gasteiger partial charge on any atom is -0.318 e. The zero-order valence-electron chi connectivity index (χ0n) is 6.42. The van der Waals surface area contributed by atoms with Gasteiger partial charge in [-0.05, 0) is 12.8 Å². The molecule has 0 aromatic heterocycles. The van der Waals surface area contributed by atoms with Crippen LogP contribution in [0.25, 0.3) is 0 Å². The number of carbonyl (C=O) groups is 1. The van der Waals surface area contributed by atoms with Crippen molar-refractivity contribution in [3.63, 3.8) is 0 Å². The summed E-state index contributed by atoms with van der Waals surface area (Å²) < 4.78 is 0. The molecule has 0 amide bonds. The van der Waals surface area contributed by atoms with Crippen molar-refractivity contribution >= 4 is 11.7 Å². The fourth-order valence-electron chi connectivity index (χ4n) is 1.16. The van der Waals surface area contributed by atoms with Crippen molar-refractivity contribution in [2.75, 3.05) is 0 Å². The lowest BCUT2D eigenvalue weighted by Gasteiger charge is -2.08. The Labute approximate surface area is 60.0 Å². The van der Waals surface area contributed by atoms with Gasteiger partial charge in [0.2, 0.25) is 0 Å². The van der Waals surface area contributed by atoms with Gasteiger partial charge in [0.1, 0.15) is 5.92 Å². The van der Waals surface area contributed by atoms with Crippen LogP contribution in [0.5, 0.6) is 0 Å². The molecular formula is C7H11NO2. The normalized spacial score (nSPS) is 25.0. The largest absolute Gasteiger partial charge is 0.344 e. The van der Waals surface area contributed by atoms with Gasteiger partial charge >= 0.3 is 5.97 Å². The Morgan fingerprint density at radius 2 is 2.20 bits per heavy atom. The highest BCUT2D eigenvalue weighted by molar-refractivity contribution is 6.03. The summed E-state index contributed by atoms with van der Waals surface area (Å²) in [5, 5.41) is 3.59. The summed E-state index contributed by atoms with van der Waals surface area (Å²) in [6, 6.07) is 0. The van der Waals surface area contributed by atoms with Crippen molar-refractivity contribution in [3.05, 3.63) is 0 Å². The topological polar surface area (TPSA) is 38.7 Å². The lowest BCUT2D eigenvalue weighted by Crippen LogP contribution is -2.21. The maximum absolute atomic E-state index is 10.9. The first kappa shape index (κ1) is 7.25. The molecule has 10 heavy (non-hydrogen) atoms. The quantitative estimate of drug-likeness (QED) is 0.514. The molecule has 1 aliphatic heterocycles. The van der Waals surface area contributed by atoms with E-state index in [0.717, 1.165) is 5.71 Å². The van der Waals surface area contributed by atoms with Crippen molar-refractivity contribution in [1.29, 1.82) is 0 Å². The second kappa shape index (κ2) is 2.40. The smallest absolute Gasteiger partial charge is 0.318 e. The summed E-state index contributed by atoms with van der Waals surface area (Å²) >= 11 is 0. The van der Waals surface area contributed by atoms with Gasteiger partial charge in [-0.15, -0.1) is 0 Å². The molecule has 0 spiro atoms. The summed E-state index contributed by atoms with van der Waals surface area (Å²) in [6.45, 7) is 5.78. The van der Waals surface area contributed by atoms with Crippen LogP contribution in [0.2, 0.25) is 0 Å². The molecule has 1 rings (SSSR count). The summed E-state index contributed by atoms with van der Waals surface area (Å²) in [6.07, 6.45) is 0. The first-order valence-electron chi connectivity index (χ1n) is 3.38. The SMILES string of the molecule is CC1=NOC(=O)C1C(C)C. The van der Waals surface area contributed by atoms with Gasteiger partial charge in [0.05, 0.1) is 5.71 Å². The van der Waals surface area contributed by atoms with Crippen molar-refractivity contribution in [2.24, 2.45) is 17.0 Å². The van der Waals surface area contributed by atoms with E-state index in [2.05, 4.69) is 9.99 Å². The van der Waals surface area contributed by atoms with Gasteiger partial charge in [-0.2, -0.15) is 0 Å². The third-order valence-electron chi connectivity index (χ3n) is 1.65. The molecule has 1 heterocycles. The van der Waals surface area contributed by atoms with E-state index in [1.54, 1.807) is 0 Å². The fourth-order valence-corrected chi connectivity index (χ4v) is 1.16. The third-order valence-corrected chi connectivity index (χ3v) is 1.65. The molecule has 56 valence electrons. The molecule has 3 nitrogen and oxygen atoms in total. The summed E-state index contributed by atoms with van der Waals surface area (Å²) in [5.74, 6) is -0.0359. The molecule has 0 N–H and O–H groups in total. The Bertz CT molecular complexity index is 184. The molecule has 0 saturated carbocycles. The van der Waals surface area contributed by atoms with Crippen LogP contribution in [-0.4, -0.2) is 11.7 Å². The number of hydrogen-bond donors (Lipinski definition) is 0. The molecule has 3 heteroatoms.